The van der Waals surface area contributed by atoms with E-state index in [-0.39, 0.29) is 0 Å². The second kappa shape index (κ2) is 4.69. The van der Waals surface area contributed by atoms with Crippen LogP contribution < -0.4 is 14.9 Å². The maximum Gasteiger partial charge on any atom is 0.308 e. The Labute approximate surface area is 90.1 Å². The van der Waals surface area contributed by atoms with E-state index < -0.39 is 5.97 Å². The SMILES string of the molecule is [B]c1ccc(OC)c(OC(C)=O)c1C=C. The summed E-state index contributed by atoms with van der Waals surface area (Å²) in [6, 6.07) is 3.31. The topological polar surface area (TPSA) is 35.5 Å². The molecule has 1 aromatic rings. The van der Waals surface area contributed by atoms with Crippen LogP contribution in [-0.2, 0) is 4.79 Å². The number of ether oxygens (including phenoxy) is 2. The molecular weight excluding hydrogens is 191 g/mol. The first-order chi connectivity index (χ1) is 7.10. The number of carbonyl (C=O) groups excluding carboxylic acids is 1. The van der Waals surface area contributed by atoms with E-state index in [1.807, 2.05) is 0 Å². The van der Waals surface area contributed by atoms with Crippen molar-refractivity contribution in [3.63, 3.8) is 0 Å². The summed E-state index contributed by atoms with van der Waals surface area (Å²) in [5.74, 6) is 0.330. The highest BCUT2D eigenvalue weighted by molar-refractivity contribution is 6.34. The van der Waals surface area contributed by atoms with Crippen LogP contribution >= 0.6 is 0 Å². The van der Waals surface area contributed by atoms with Crippen LogP contribution in [0, 0.1) is 0 Å². The maximum atomic E-state index is 10.9. The Kier molecular flexibility index (Phi) is 3.55. The molecule has 0 amide bonds. The minimum atomic E-state index is -0.429. The Balaban J connectivity index is 3.33. The van der Waals surface area contributed by atoms with E-state index in [9.17, 15) is 4.79 Å². The quantitative estimate of drug-likeness (QED) is 0.417. The van der Waals surface area contributed by atoms with Crippen LogP contribution in [0.2, 0.25) is 0 Å². The Hall–Kier alpha value is -1.71. The Morgan fingerprint density at radius 3 is 2.67 bits per heavy atom. The van der Waals surface area contributed by atoms with Crippen LogP contribution in [0.5, 0.6) is 11.5 Å². The zero-order chi connectivity index (χ0) is 11.4. The standard InChI is InChI=1S/C11H11BO3/c1-4-8-9(12)5-6-10(14-3)11(8)15-7(2)13/h4-6H,1H2,2-3H3. The molecule has 2 radical (unpaired) electrons. The van der Waals surface area contributed by atoms with E-state index in [2.05, 4.69) is 6.58 Å². The number of benzene rings is 1. The normalized spacial score (nSPS) is 9.47. The van der Waals surface area contributed by atoms with Gasteiger partial charge in [-0.05, 0) is 6.07 Å². The van der Waals surface area contributed by atoms with Crippen LogP contribution in [0.4, 0.5) is 0 Å². The molecule has 1 rings (SSSR count). The van der Waals surface area contributed by atoms with E-state index in [0.29, 0.717) is 22.5 Å². The third-order valence-corrected chi connectivity index (χ3v) is 1.86. The van der Waals surface area contributed by atoms with Crippen LogP contribution in [0.25, 0.3) is 6.08 Å². The fourth-order valence-corrected chi connectivity index (χ4v) is 1.22. The Bertz CT molecular complexity index is 399. The molecule has 0 atom stereocenters. The van der Waals surface area contributed by atoms with Crippen molar-refractivity contribution in [1.29, 1.82) is 0 Å². The van der Waals surface area contributed by atoms with E-state index in [4.69, 9.17) is 17.3 Å². The van der Waals surface area contributed by atoms with Crippen molar-refractivity contribution < 1.29 is 14.3 Å². The number of carbonyl (C=O) groups is 1. The van der Waals surface area contributed by atoms with Crippen molar-refractivity contribution in [2.24, 2.45) is 0 Å². The molecule has 0 aliphatic rings. The molecule has 0 unspecified atom stereocenters. The van der Waals surface area contributed by atoms with E-state index in [1.165, 1.54) is 20.1 Å². The predicted molar refractivity (Wildman–Crippen MR) is 59.8 cm³/mol. The van der Waals surface area contributed by atoms with Gasteiger partial charge in [-0.15, -0.1) is 0 Å². The fraction of sp³-hybridized carbons (Fsp3) is 0.182. The summed E-state index contributed by atoms with van der Waals surface area (Å²) in [5.41, 5.74) is 1.05. The molecule has 4 heteroatoms. The Morgan fingerprint density at radius 2 is 2.20 bits per heavy atom. The minimum Gasteiger partial charge on any atom is -0.493 e. The molecule has 0 saturated carbocycles. The summed E-state index contributed by atoms with van der Waals surface area (Å²) < 4.78 is 10.1. The van der Waals surface area contributed by atoms with Gasteiger partial charge in [-0.25, -0.2) is 0 Å². The van der Waals surface area contributed by atoms with Gasteiger partial charge in [0.15, 0.2) is 11.5 Å². The summed E-state index contributed by atoms with van der Waals surface area (Å²) in [6.45, 7) is 4.92. The average Bonchev–Trinajstić information content (AvgIpc) is 2.18. The first-order valence-corrected chi connectivity index (χ1v) is 4.37. The van der Waals surface area contributed by atoms with E-state index >= 15 is 0 Å². The molecule has 0 spiro atoms. The molecule has 1 aromatic carbocycles. The van der Waals surface area contributed by atoms with E-state index in [1.54, 1.807) is 12.1 Å². The highest BCUT2D eigenvalue weighted by atomic mass is 16.6. The molecule has 76 valence electrons. The van der Waals surface area contributed by atoms with Gasteiger partial charge in [-0.2, -0.15) is 0 Å². The molecule has 3 nitrogen and oxygen atoms in total. The van der Waals surface area contributed by atoms with Gasteiger partial charge >= 0.3 is 5.97 Å². The molecule has 0 aliphatic carbocycles. The van der Waals surface area contributed by atoms with Gasteiger partial charge < -0.3 is 9.47 Å². The number of rotatable bonds is 3. The fourth-order valence-electron chi connectivity index (χ4n) is 1.22. The molecular formula is C11H11BO3. The van der Waals surface area contributed by atoms with Gasteiger partial charge in [-0.1, -0.05) is 24.2 Å². The molecule has 0 heterocycles. The zero-order valence-corrected chi connectivity index (χ0v) is 8.74. The molecule has 0 aromatic heterocycles. The lowest BCUT2D eigenvalue weighted by Gasteiger charge is -2.12. The monoisotopic (exact) mass is 202 g/mol. The molecule has 0 bridgehead atoms. The van der Waals surface area contributed by atoms with Crippen molar-refractivity contribution in [2.45, 2.75) is 6.92 Å². The van der Waals surface area contributed by atoms with Crippen molar-refractivity contribution >= 4 is 25.4 Å². The summed E-state index contributed by atoms with van der Waals surface area (Å²) >= 11 is 0. The van der Waals surface area contributed by atoms with Gasteiger partial charge in [-0.3, -0.25) is 4.79 Å². The van der Waals surface area contributed by atoms with Gasteiger partial charge in [0.25, 0.3) is 0 Å². The van der Waals surface area contributed by atoms with Crippen molar-refractivity contribution in [3.05, 3.63) is 24.3 Å². The first-order valence-electron chi connectivity index (χ1n) is 4.37. The largest absolute Gasteiger partial charge is 0.493 e. The maximum absolute atomic E-state index is 10.9. The third kappa shape index (κ3) is 2.40. The van der Waals surface area contributed by atoms with Crippen LogP contribution in [0.3, 0.4) is 0 Å². The molecule has 0 N–H and O–H groups in total. The van der Waals surface area contributed by atoms with E-state index in [0.717, 1.165) is 0 Å². The number of esters is 1. The van der Waals surface area contributed by atoms with Crippen LogP contribution in [0.1, 0.15) is 12.5 Å². The van der Waals surface area contributed by atoms with Crippen molar-refractivity contribution in [1.82, 2.24) is 0 Å². The van der Waals surface area contributed by atoms with Gasteiger partial charge in [0.05, 0.1) is 7.11 Å². The third-order valence-electron chi connectivity index (χ3n) is 1.86. The summed E-state index contributed by atoms with van der Waals surface area (Å²) in [7, 11) is 7.20. The summed E-state index contributed by atoms with van der Waals surface area (Å²) in [5, 5.41) is 0. The second-order valence-corrected chi connectivity index (χ2v) is 2.90. The Morgan fingerprint density at radius 1 is 1.53 bits per heavy atom. The van der Waals surface area contributed by atoms with Crippen LogP contribution in [0.15, 0.2) is 18.7 Å². The second-order valence-electron chi connectivity index (χ2n) is 2.90. The molecule has 0 fully saturated rings. The van der Waals surface area contributed by atoms with Crippen molar-refractivity contribution in [2.75, 3.05) is 7.11 Å². The van der Waals surface area contributed by atoms with Crippen LogP contribution in [-0.4, -0.2) is 20.9 Å². The minimum absolute atomic E-state index is 0.306. The number of methoxy groups -OCH3 is 1. The first kappa shape index (κ1) is 11.4. The number of hydrogen-bond donors (Lipinski definition) is 0. The van der Waals surface area contributed by atoms with Gasteiger partial charge in [0.1, 0.15) is 7.85 Å². The highest BCUT2D eigenvalue weighted by Crippen LogP contribution is 2.30. The predicted octanol–water partition coefficient (Wildman–Crippen LogP) is 1.06. The lowest BCUT2D eigenvalue weighted by molar-refractivity contribution is -0.132. The average molecular weight is 202 g/mol. The molecule has 15 heavy (non-hydrogen) atoms. The molecule has 0 saturated heterocycles. The summed E-state index contributed by atoms with van der Waals surface area (Å²) in [4.78, 5) is 10.9. The highest BCUT2D eigenvalue weighted by Gasteiger charge is 2.12. The zero-order valence-electron chi connectivity index (χ0n) is 8.74. The lowest BCUT2D eigenvalue weighted by Crippen LogP contribution is -2.12. The lowest BCUT2D eigenvalue weighted by atomic mass is 9.89. The van der Waals surface area contributed by atoms with Crippen molar-refractivity contribution in [3.8, 4) is 11.5 Å². The smallest absolute Gasteiger partial charge is 0.308 e. The summed E-state index contributed by atoms with van der Waals surface area (Å²) in [6.07, 6.45) is 1.52. The van der Waals surface area contributed by atoms with Gasteiger partial charge in [0.2, 0.25) is 0 Å². The van der Waals surface area contributed by atoms with Gasteiger partial charge in [0, 0.05) is 12.5 Å². The number of hydrogen-bond acceptors (Lipinski definition) is 3. The molecule has 0 aliphatic heterocycles.